The van der Waals surface area contributed by atoms with Crippen molar-refractivity contribution in [1.82, 2.24) is 14.9 Å². The lowest BCUT2D eigenvalue weighted by atomic mass is 9.90. The normalized spacial score (nSPS) is 22.8. The molecule has 3 heterocycles. The Kier molecular flexibility index (Phi) is 4.68. The van der Waals surface area contributed by atoms with Gasteiger partial charge in [0.05, 0.1) is 18.8 Å². The van der Waals surface area contributed by atoms with Crippen LogP contribution in [0.1, 0.15) is 35.5 Å². The number of hydrogen-bond acceptors (Lipinski definition) is 4. The van der Waals surface area contributed by atoms with Crippen LogP contribution in [0.15, 0.2) is 35.1 Å². The molecule has 0 bridgehead atoms. The molecule has 2 aliphatic rings. The van der Waals surface area contributed by atoms with Gasteiger partial charge in [-0.05, 0) is 50.3 Å². The molecule has 0 unspecified atom stereocenters. The zero-order chi connectivity index (χ0) is 17.2. The number of hydrogen-bond donors (Lipinski definition) is 1. The highest BCUT2D eigenvalue weighted by Crippen LogP contribution is 2.22. The number of pyridine rings is 2. The van der Waals surface area contributed by atoms with Crippen LogP contribution in [0.4, 0.5) is 0 Å². The van der Waals surface area contributed by atoms with E-state index in [0.29, 0.717) is 18.6 Å². The first-order chi connectivity index (χ1) is 12.2. The van der Waals surface area contributed by atoms with Crippen LogP contribution in [0.3, 0.4) is 0 Å². The fraction of sp³-hybridized carbons (Fsp3) is 0.500. The lowest BCUT2D eigenvalue weighted by Crippen LogP contribution is -2.43. The molecule has 5 heteroatoms. The van der Waals surface area contributed by atoms with Gasteiger partial charge >= 0.3 is 0 Å². The molecular formula is C20H25N3O2. The summed E-state index contributed by atoms with van der Waals surface area (Å²) in [7, 11) is 0. The van der Waals surface area contributed by atoms with Crippen molar-refractivity contribution in [3.8, 4) is 0 Å². The molecule has 4 rings (SSSR count). The second-order valence-electron chi connectivity index (χ2n) is 7.17. The van der Waals surface area contributed by atoms with Crippen molar-refractivity contribution < 1.29 is 4.74 Å². The fourth-order valence-electron chi connectivity index (χ4n) is 3.99. The van der Waals surface area contributed by atoms with Gasteiger partial charge in [-0.25, -0.2) is 0 Å². The van der Waals surface area contributed by atoms with E-state index in [4.69, 9.17) is 4.74 Å². The Bertz CT molecular complexity index is 809. The van der Waals surface area contributed by atoms with Crippen molar-refractivity contribution in [2.75, 3.05) is 13.2 Å². The molecule has 0 spiro atoms. The number of nitrogens with one attached hydrogen (secondary N) is 1. The van der Waals surface area contributed by atoms with Crippen molar-refractivity contribution >= 4 is 0 Å². The average molecular weight is 339 g/mol. The standard InChI is InChI=1S/C20H25N3O2/c1-14-3-2-4-17(21-14)12-23-19-7-6-16(22-18-9-10-25-13-18)11-15(19)5-8-20(23)24/h2-5,8,16,18,22H,6-7,9-13H2,1H3/t16-,18-/m0/s1. The van der Waals surface area contributed by atoms with E-state index < -0.39 is 0 Å². The van der Waals surface area contributed by atoms with Gasteiger partial charge in [0, 0.05) is 36.1 Å². The van der Waals surface area contributed by atoms with E-state index in [1.54, 1.807) is 6.07 Å². The summed E-state index contributed by atoms with van der Waals surface area (Å²) in [6.45, 7) is 4.22. The number of aryl methyl sites for hydroxylation is 1. The third kappa shape index (κ3) is 3.67. The summed E-state index contributed by atoms with van der Waals surface area (Å²) in [5.74, 6) is 0. The molecule has 5 nitrogen and oxygen atoms in total. The van der Waals surface area contributed by atoms with Gasteiger partial charge in [0.25, 0.3) is 5.56 Å². The zero-order valence-corrected chi connectivity index (χ0v) is 14.7. The molecule has 25 heavy (non-hydrogen) atoms. The maximum absolute atomic E-state index is 12.4. The monoisotopic (exact) mass is 339 g/mol. The average Bonchev–Trinajstić information content (AvgIpc) is 3.10. The third-order valence-electron chi connectivity index (χ3n) is 5.25. The highest BCUT2D eigenvalue weighted by Gasteiger charge is 2.25. The summed E-state index contributed by atoms with van der Waals surface area (Å²) in [5.41, 5.74) is 4.46. The Morgan fingerprint density at radius 2 is 2.16 bits per heavy atom. The summed E-state index contributed by atoms with van der Waals surface area (Å²) in [6, 6.07) is 10.6. The minimum absolute atomic E-state index is 0.0673. The molecule has 1 saturated heterocycles. The smallest absolute Gasteiger partial charge is 0.251 e. The van der Waals surface area contributed by atoms with Crippen molar-refractivity contribution in [2.45, 2.75) is 51.2 Å². The van der Waals surface area contributed by atoms with Crippen LogP contribution in [0, 0.1) is 6.92 Å². The highest BCUT2D eigenvalue weighted by atomic mass is 16.5. The first-order valence-corrected chi connectivity index (χ1v) is 9.17. The van der Waals surface area contributed by atoms with Gasteiger partial charge < -0.3 is 14.6 Å². The first-order valence-electron chi connectivity index (χ1n) is 9.17. The number of nitrogens with zero attached hydrogens (tertiary/aromatic N) is 2. The van der Waals surface area contributed by atoms with Gasteiger partial charge in [-0.2, -0.15) is 0 Å². The third-order valence-corrected chi connectivity index (χ3v) is 5.25. The predicted molar refractivity (Wildman–Crippen MR) is 97.0 cm³/mol. The van der Waals surface area contributed by atoms with E-state index in [9.17, 15) is 4.79 Å². The number of fused-ring (bicyclic) bond motifs is 1. The molecule has 1 aliphatic heterocycles. The molecule has 0 saturated carbocycles. The van der Waals surface area contributed by atoms with Crippen LogP contribution < -0.4 is 10.9 Å². The molecule has 1 N–H and O–H groups in total. The Morgan fingerprint density at radius 1 is 1.24 bits per heavy atom. The summed E-state index contributed by atoms with van der Waals surface area (Å²) >= 11 is 0. The molecule has 0 aromatic carbocycles. The summed E-state index contributed by atoms with van der Waals surface area (Å²) < 4.78 is 7.37. The Morgan fingerprint density at radius 3 is 2.96 bits per heavy atom. The topological polar surface area (TPSA) is 56.2 Å². The fourth-order valence-corrected chi connectivity index (χ4v) is 3.99. The maximum Gasteiger partial charge on any atom is 0.251 e. The molecule has 0 amide bonds. The van der Waals surface area contributed by atoms with Crippen molar-refractivity contribution in [3.63, 3.8) is 0 Å². The first kappa shape index (κ1) is 16.5. The van der Waals surface area contributed by atoms with E-state index in [2.05, 4.69) is 10.3 Å². The predicted octanol–water partition coefficient (Wildman–Crippen LogP) is 1.84. The second kappa shape index (κ2) is 7.10. The molecular weight excluding hydrogens is 314 g/mol. The van der Waals surface area contributed by atoms with Crippen molar-refractivity contribution in [3.05, 3.63) is 63.3 Å². The molecule has 2 atom stereocenters. The number of ether oxygens (including phenoxy) is 1. The molecule has 2 aromatic heterocycles. The summed E-state index contributed by atoms with van der Waals surface area (Å²) in [5, 5.41) is 3.73. The van der Waals surface area contributed by atoms with E-state index in [1.165, 1.54) is 11.3 Å². The van der Waals surface area contributed by atoms with Gasteiger partial charge in [0.1, 0.15) is 0 Å². The van der Waals surface area contributed by atoms with Crippen molar-refractivity contribution in [1.29, 1.82) is 0 Å². The zero-order valence-electron chi connectivity index (χ0n) is 14.7. The summed E-state index contributed by atoms with van der Waals surface area (Å²) in [4.78, 5) is 17.0. The Hall–Kier alpha value is -1.98. The van der Waals surface area contributed by atoms with E-state index in [-0.39, 0.29) is 5.56 Å². The lowest BCUT2D eigenvalue weighted by Gasteiger charge is -2.29. The minimum Gasteiger partial charge on any atom is -0.380 e. The number of aromatic nitrogens is 2. The Labute approximate surface area is 148 Å². The van der Waals surface area contributed by atoms with Crippen LogP contribution in [0.2, 0.25) is 0 Å². The molecule has 1 aliphatic carbocycles. The quantitative estimate of drug-likeness (QED) is 0.923. The van der Waals surface area contributed by atoms with Crippen LogP contribution >= 0.6 is 0 Å². The van der Waals surface area contributed by atoms with Crippen LogP contribution in [0.25, 0.3) is 0 Å². The second-order valence-corrected chi connectivity index (χ2v) is 7.17. The van der Waals surface area contributed by atoms with Crippen LogP contribution in [-0.2, 0) is 24.1 Å². The van der Waals surface area contributed by atoms with Gasteiger partial charge in [-0.1, -0.05) is 12.1 Å². The largest absolute Gasteiger partial charge is 0.380 e. The van der Waals surface area contributed by atoms with Crippen LogP contribution in [-0.4, -0.2) is 34.8 Å². The SMILES string of the molecule is Cc1cccc(Cn2c3c(ccc2=O)C[C@@H](N[C@H]2CCOC2)CC3)n1. The summed E-state index contributed by atoms with van der Waals surface area (Å²) in [6.07, 6.45) is 4.08. The lowest BCUT2D eigenvalue weighted by molar-refractivity contribution is 0.187. The van der Waals surface area contributed by atoms with Gasteiger partial charge in [0.15, 0.2) is 0 Å². The highest BCUT2D eigenvalue weighted by molar-refractivity contribution is 5.26. The molecule has 0 radical (unpaired) electrons. The minimum atomic E-state index is 0.0673. The van der Waals surface area contributed by atoms with E-state index in [0.717, 1.165) is 50.3 Å². The molecule has 2 aromatic rings. The Balaban J connectivity index is 1.55. The van der Waals surface area contributed by atoms with Crippen LogP contribution in [0.5, 0.6) is 0 Å². The van der Waals surface area contributed by atoms with E-state index >= 15 is 0 Å². The molecule has 1 fully saturated rings. The van der Waals surface area contributed by atoms with Crippen molar-refractivity contribution in [2.24, 2.45) is 0 Å². The van der Waals surface area contributed by atoms with Gasteiger partial charge in [-0.3, -0.25) is 9.78 Å². The maximum atomic E-state index is 12.4. The van der Waals surface area contributed by atoms with Gasteiger partial charge in [-0.15, -0.1) is 0 Å². The molecule has 132 valence electrons. The number of rotatable bonds is 4. The van der Waals surface area contributed by atoms with E-state index in [1.807, 2.05) is 35.8 Å². The van der Waals surface area contributed by atoms with Gasteiger partial charge in [0.2, 0.25) is 0 Å².